The van der Waals surface area contributed by atoms with Crippen LogP contribution in [0.2, 0.25) is 0 Å². The van der Waals surface area contributed by atoms with Crippen LogP contribution in [0.1, 0.15) is 40.8 Å². The first-order chi connectivity index (χ1) is 12.0. The molecule has 0 saturated heterocycles. The lowest BCUT2D eigenvalue weighted by Crippen LogP contribution is -2.47. The highest BCUT2D eigenvalue weighted by molar-refractivity contribution is 5.92. The first-order valence-corrected chi connectivity index (χ1v) is 8.12. The van der Waals surface area contributed by atoms with E-state index in [1.807, 2.05) is 32.9 Å². The maximum atomic E-state index is 11.9. The maximum Gasteiger partial charge on any atom is 0.333 e. The van der Waals surface area contributed by atoms with E-state index in [1.165, 1.54) is 6.07 Å². The van der Waals surface area contributed by atoms with Crippen LogP contribution in [0.3, 0.4) is 0 Å². The zero-order valence-corrected chi connectivity index (χ0v) is 14.6. The number of hydrogen-bond donors (Lipinski definition) is 3. The molecule has 7 nitrogen and oxygen atoms in total. The summed E-state index contributed by atoms with van der Waals surface area (Å²) in [7, 11) is 0. The molecule has 0 bridgehead atoms. The summed E-state index contributed by atoms with van der Waals surface area (Å²) in [6, 6.07) is 8.65. The molecule has 25 heavy (non-hydrogen) atoms. The van der Waals surface area contributed by atoms with Crippen molar-refractivity contribution in [2.75, 3.05) is 6.54 Å². The Bertz CT molecular complexity index is 719. The van der Waals surface area contributed by atoms with Gasteiger partial charge in [-0.15, -0.1) is 0 Å². The van der Waals surface area contributed by atoms with E-state index in [2.05, 4.69) is 22.2 Å². The molecule has 134 valence electrons. The second kappa shape index (κ2) is 8.77. The predicted octanol–water partition coefficient (Wildman–Crippen LogP) is 2.83. The SMILES string of the molecule is CCCNC(=O)NNC(=O)c1ccc(COc2cc(C)cc(C)c2)o1. The summed E-state index contributed by atoms with van der Waals surface area (Å²) in [6.45, 7) is 6.67. The van der Waals surface area contributed by atoms with E-state index < -0.39 is 11.9 Å². The van der Waals surface area contributed by atoms with Crippen molar-refractivity contribution in [1.82, 2.24) is 16.2 Å². The molecule has 0 atom stereocenters. The van der Waals surface area contributed by atoms with E-state index in [9.17, 15) is 9.59 Å². The lowest BCUT2D eigenvalue weighted by molar-refractivity contribution is 0.0904. The average Bonchev–Trinajstić information content (AvgIpc) is 3.04. The Morgan fingerprint density at radius 3 is 2.48 bits per heavy atom. The van der Waals surface area contributed by atoms with Gasteiger partial charge in [-0.05, 0) is 55.7 Å². The Labute approximate surface area is 146 Å². The first-order valence-electron chi connectivity index (χ1n) is 8.12. The third-order valence-corrected chi connectivity index (χ3v) is 3.29. The van der Waals surface area contributed by atoms with Gasteiger partial charge in [0, 0.05) is 6.54 Å². The largest absolute Gasteiger partial charge is 0.486 e. The molecule has 0 aliphatic rings. The van der Waals surface area contributed by atoms with Crippen molar-refractivity contribution in [3.05, 3.63) is 53.0 Å². The van der Waals surface area contributed by atoms with E-state index in [0.717, 1.165) is 23.3 Å². The molecule has 0 aliphatic heterocycles. The summed E-state index contributed by atoms with van der Waals surface area (Å²) < 4.78 is 11.1. The number of aryl methyl sites for hydroxylation is 2. The fraction of sp³-hybridized carbons (Fsp3) is 0.333. The molecule has 1 heterocycles. The minimum absolute atomic E-state index is 0.0924. The van der Waals surface area contributed by atoms with Gasteiger partial charge in [-0.2, -0.15) is 0 Å². The van der Waals surface area contributed by atoms with Gasteiger partial charge in [0.05, 0.1) is 0 Å². The van der Waals surface area contributed by atoms with Crippen molar-refractivity contribution in [3.63, 3.8) is 0 Å². The summed E-state index contributed by atoms with van der Waals surface area (Å²) in [4.78, 5) is 23.3. The second-order valence-electron chi connectivity index (χ2n) is 5.71. The first kappa shape index (κ1) is 18.4. The third kappa shape index (κ3) is 5.87. The van der Waals surface area contributed by atoms with Gasteiger partial charge in [-0.25, -0.2) is 10.2 Å². The van der Waals surface area contributed by atoms with Crippen LogP contribution in [0.25, 0.3) is 0 Å². The molecule has 1 aromatic heterocycles. The number of ether oxygens (including phenoxy) is 1. The molecule has 0 spiro atoms. The van der Waals surface area contributed by atoms with Crippen LogP contribution in [0, 0.1) is 13.8 Å². The van der Waals surface area contributed by atoms with E-state index in [1.54, 1.807) is 6.07 Å². The van der Waals surface area contributed by atoms with Crippen LogP contribution < -0.4 is 20.9 Å². The van der Waals surface area contributed by atoms with Crippen molar-refractivity contribution in [2.24, 2.45) is 0 Å². The average molecular weight is 345 g/mol. The number of hydrogen-bond acceptors (Lipinski definition) is 4. The molecule has 0 fully saturated rings. The molecular formula is C18H23N3O4. The van der Waals surface area contributed by atoms with E-state index in [4.69, 9.17) is 9.15 Å². The fourth-order valence-electron chi connectivity index (χ4n) is 2.21. The maximum absolute atomic E-state index is 11.9. The van der Waals surface area contributed by atoms with Crippen molar-refractivity contribution >= 4 is 11.9 Å². The minimum atomic E-state index is -0.538. The van der Waals surface area contributed by atoms with Crippen molar-refractivity contribution in [3.8, 4) is 5.75 Å². The molecule has 2 rings (SSSR count). The Morgan fingerprint density at radius 1 is 1.08 bits per heavy atom. The Hall–Kier alpha value is -2.96. The van der Waals surface area contributed by atoms with Gasteiger partial charge in [0.1, 0.15) is 18.1 Å². The molecule has 0 radical (unpaired) electrons. The summed E-state index contributed by atoms with van der Waals surface area (Å²) >= 11 is 0. The van der Waals surface area contributed by atoms with Crippen LogP contribution in [0.5, 0.6) is 5.75 Å². The predicted molar refractivity (Wildman–Crippen MR) is 93.2 cm³/mol. The quantitative estimate of drug-likeness (QED) is 0.702. The highest BCUT2D eigenvalue weighted by Gasteiger charge is 2.12. The molecule has 0 aliphatic carbocycles. The second-order valence-corrected chi connectivity index (χ2v) is 5.71. The van der Waals surface area contributed by atoms with Crippen molar-refractivity contribution < 1.29 is 18.7 Å². The number of nitrogens with one attached hydrogen (secondary N) is 3. The summed E-state index contributed by atoms with van der Waals surface area (Å²) in [5, 5.41) is 2.58. The molecule has 3 amide bonds. The van der Waals surface area contributed by atoms with Crippen molar-refractivity contribution in [2.45, 2.75) is 33.8 Å². The van der Waals surface area contributed by atoms with Crippen molar-refractivity contribution in [1.29, 1.82) is 0 Å². The fourth-order valence-corrected chi connectivity index (χ4v) is 2.21. The topological polar surface area (TPSA) is 92.6 Å². The van der Waals surface area contributed by atoms with Crippen LogP contribution >= 0.6 is 0 Å². The van der Waals surface area contributed by atoms with Gasteiger partial charge >= 0.3 is 11.9 Å². The number of hydrazine groups is 1. The van der Waals surface area contributed by atoms with E-state index >= 15 is 0 Å². The van der Waals surface area contributed by atoms with Gasteiger partial charge in [-0.1, -0.05) is 13.0 Å². The Morgan fingerprint density at radius 2 is 1.80 bits per heavy atom. The lowest BCUT2D eigenvalue weighted by Gasteiger charge is -2.07. The number of rotatable bonds is 6. The lowest BCUT2D eigenvalue weighted by atomic mass is 10.1. The zero-order valence-electron chi connectivity index (χ0n) is 14.6. The van der Waals surface area contributed by atoms with Gasteiger partial charge in [0.25, 0.3) is 0 Å². The van der Waals surface area contributed by atoms with E-state index in [0.29, 0.717) is 12.3 Å². The minimum Gasteiger partial charge on any atom is -0.486 e. The van der Waals surface area contributed by atoms with Crippen LogP contribution in [0.15, 0.2) is 34.7 Å². The highest BCUT2D eigenvalue weighted by atomic mass is 16.5. The molecular weight excluding hydrogens is 322 g/mol. The molecule has 1 aromatic carbocycles. The van der Waals surface area contributed by atoms with Gasteiger partial charge in [-0.3, -0.25) is 10.2 Å². The van der Waals surface area contributed by atoms with E-state index in [-0.39, 0.29) is 12.4 Å². The number of urea groups is 1. The van der Waals surface area contributed by atoms with Crippen LogP contribution in [-0.4, -0.2) is 18.5 Å². The number of furan rings is 1. The summed E-state index contributed by atoms with van der Waals surface area (Å²) in [5.74, 6) is 0.813. The number of carbonyl (C=O) groups excluding carboxylic acids is 2. The molecule has 7 heteroatoms. The smallest absolute Gasteiger partial charge is 0.333 e. The number of benzene rings is 1. The van der Waals surface area contributed by atoms with Gasteiger partial charge in [0.2, 0.25) is 0 Å². The van der Waals surface area contributed by atoms with Crippen LogP contribution in [0.4, 0.5) is 4.79 Å². The number of amides is 3. The molecule has 2 aromatic rings. The van der Waals surface area contributed by atoms with Crippen LogP contribution in [-0.2, 0) is 6.61 Å². The summed E-state index contributed by atoms with van der Waals surface area (Å²) in [6.07, 6.45) is 0.809. The number of carbonyl (C=O) groups is 2. The standard InChI is InChI=1S/C18H23N3O4/c1-4-7-19-18(23)21-20-17(22)16-6-5-14(25-16)11-24-15-9-12(2)8-13(3)10-15/h5-6,8-10H,4,7,11H2,1-3H3,(H,20,22)(H2,19,21,23). The normalized spacial score (nSPS) is 10.2. The third-order valence-electron chi connectivity index (χ3n) is 3.29. The van der Waals surface area contributed by atoms with Gasteiger partial charge in [0.15, 0.2) is 5.76 Å². The molecule has 0 unspecified atom stereocenters. The zero-order chi connectivity index (χ0) is 18.2. The molecule has 3 N–H and O–H groups in total. The molecule has 0 saturated carbocycles. The van der Waals surface area contributed by atoms with Gasteiger partial charge < -0.3 is 14.5 Å². The summed E-state index contributed by atoms with van der Waals surface area (Å²) in [5.41, 5.74) is 6.75. The monoisotopic (exact) mass is 345 g/mol. The Kier molecular flexibility index (Phi) is 6.45. The Balaban J connectivity index is 1.84. The highest BCUT2D eigenvalue weighted by Crippen LogP contribution is 2.18.